The number of hydrazone groups is 1. The van der Waals surface area contributed by atoms with Crippen LogP contribution in [0, 0.1) is 6.92 Å². The van der Waals surface area contributed by atoms with Gasteiger partial charge in [-0.3, -0.25) is 4.79 Å². The summed E-state index contributed by atoms with van der Waals surface area (Å²) in [4.78, 5) is 12.8. The molecular weight excluding hydrogens is 482 g/mol. The van der Waals surface area contributed by atoms with Crippen molar-refractivity contribution in [1.82, 2.24) is 9.73 Å². The summed E-state index contributed by atoms with van der Waals surface area (Å²) in [5.41, 5.74) is 4.66. The van der Waals surface area contributed by atoms with Crippen LogP contribution >= 0.6 is 0 Å². The average Bonchev–Trinajstić information content (AvgIpc) is 2.88. The number of nitrogens with one attached hydrogen (secondary N) is 1. The maximum absolute atomic E-state index is 13.3. The molecule has 0 heterocycles. The van der Waals surface area contributed by atoms with E-state index in [4.69, 9.17) is 14.2 Å². The molecule has 0 fully saturated rings. The van der Waals surface area contributed by atoms with Crippen LogP contribution in [0.2, 0.25) is 0 Å². The first kappa shape index (κ1) is 26.7. The molecule has 9 nitrogen and oxygen atoms in total. The van der Waals surface area contributed by atoms with Crippen molar-refractivity contribution < 1.29 is 27.4 Å². The molecule has 3 aromatic carbocycles. The number of sulfonamides is 1. The average molecular weight is 512 g/mol. The van der Waals surface area contributed by atoms with Crippen LogP contribution in [-0.2, 0) is 21.4 Å². The normalized spacial score (nSPS) is 11.5. The summed E-state index contributed by atoms with van der Waals surface area (Å²) < 4.78 is 43.7. The Hall–Kier alpha value is -3.89. The number of hydrogen-bond donors (Lipinski definition) is 1. The number of benzene rings is 3. The molecule has 3 aromatic rings. The third-order valence-electron chi connectivity index (χ3n) is 5.27. The predicted octanol–water partition coefficient (Wildman–Crippen LogP) is 3.36. The zero-order valence-corrected chi connectivity index (χ0v) is 21.4. The summed E-state index contributed by atoms with van der Waals surface area (Å²) in [7, 11) is 0.552. The van der Waals surface area contributed by atoms with Crippen LogP contribution in [0.4, 0.5) is 0 Å². The Balaban J connectivity index is 1.79. The van der Waals surface area contributed by atoms with E-state index in [9.17, 15) is 13.2 Å². The Labute approximate surface area is 211 Å². The maximum Gasteiger partial charge on any atom is 0.255 e. The van der Waals surface area contributed by atoms with E-state index in [-0.39, 0.29) is 11.4 Å². The zero-order chi connectivity index (χ0) is 26.1. The van der Waals surface area contributed by atoms with Gasteiger partial charge in [-0.15, -0.1) is 0 Å². The van der Waals surface area contributed by atoms with Gasteiger partial charge in [-0.05, 0) is 36.8 Å². The lowest BCUT2D eigenvalue weighted by Crippen LogP contribution is -2.39. The summed E-state index contributed by atoms with van der Waals surface area (Å²) in [6.45, 7) is 1.48. The number of carbonyl (C=O) groups excluding carboxylic acids is 1. The minimum Gasteiger partial charge on any atom is -0.493 e. The largest absolute Gasteiger partial charge is 0.493 e. The highest BCUT2D eigenvalue weighted by atomic mass is 32.2. The second kappa shape index (κ2) is 12.2. The Morgan fingerprint density at radius 1 is 0.944 bits per heavy atom. The summed E-state index contributed by atoms with van der Waals surface area (Å²) in [6, 6.07) is 18.9. The number of hydrogen-bond acceptors (Lipinski definition) is 7. The van der Waals surface area contributed by atoms with E-state index >= 15 is 0 Å². The van der Waals surface area contributed by atoms with Gasteiger partial charge in [0.25, 0.3) is 5.91 Å². The topological polar surface area (TPSA) is 107 Å². The summed E-state index contributed by atoms with van der Waals surface area (Å²) in [5, 5.41) is 3.98. The number of amides is 1. The van der Waals surface area contributed by atoms with Gasteiger partial charge in [-0.25, -0.2) is 13.8 Å². The SMILES string of the molecule is COc1cc(/C=N/NC(=O)CN(Cc2ccccc2)S(=O)(=O)c2ccc(C)cc2)cc(OC)c1OC. The van der Waals surface area contributed by atoms with Crippen LogP contribution in [0.25, 0.3) is 0 Å². The third kappa shape index (κ3) is 6.61. The molecule has 0 radical (unpaired) electrons. The number of methoxy groups -OCH3 is 3. The molecule has 1 N–H and O–H groups in total. The van der Waals surface area contributed by atoms with Gasteiger partial charge in [0.1, 0.15) is 0 Å². The summed E-state index contributed by atoms with van der Waals surface area (Å²) >= 11 is 0. The Morgan fingerprint density at radius 2 is 1.56 bits per heavy atom. The first-order chi connectivity index (χ1) is 17.3. The van der Waals surface area contributed by atoms with E-state index in [2.05, 4.69) is 10.5 Å². The van der Waals surface area contributed by atoms with E-state index in [0.29, 0.717) is 22.8 Å². The van der Waals surface area contributed by atoms with Gasteiger partial charge in [0.15, 0.2) is 11.5 Å². The first-order valence-corrected chi connectivity index (χ1v) is 12.4. The summed E-state index contributed by atoms with van der Waals surface area (Å²) in [6.07, 6.45) is 1.40. The lowest BCUT2D eigenvalue weighted by molar-refractivity contribution is -0.121. The second-order valence-corrected chi connectivity index (χ2v) is 9.76. The van der Waals surface area contributed by atoms with Gasteiger partial charge in [-0.1, -0.05) is 48.0 Å². The van der Waals surface area contributed by atoms with E-state index < -0.39 is 22.5 Å². The third-order valence-corrected chi connectivity index (χ3v) is 7.08. The van der Waals surface area contributed by atoms with E-state index in [1.165, 1.54) is 39.7 Å². The van der Waals surface area contributed by atoms with Gasteiger partial charge >= 0.3 is 0 Å². The molecule has 0 saturated heterocycles. The van der Waals surface area contributed by atoms with Crippen molar-refractivity contribution in [3.05, 3.63) is 83.4 Å². The molecule has 0 aliphatic carbocycles. The van der Waals surface area contributed by atoms with Crippen LogP contribution in [0.15, 0.2) is 76.7 Å². The number of aryl methyl sites for hydroxylation is 1. The van der Waals surface area contributed by atoms with Crippen molar-refractivity contribution in [1.29, 1.82) is 0 Å². The van der Waals surface area contributed by atoms with Crippen molar-refractivity contribution in [2.24, 2.45) is 5.10 Å². The lowest BCUT2D eigenvalue weighted by Gasteiger charge is -2.21. The molecule has 0 unspecified atom stereocenters. The van der Waals surface area contributed by atoms with Crippen molar-refractivity contribution >= 4 is 22.1 Å². The molecule has 190 valence electrons. The maximum atomic E-state index is 13.3. The second-order valence-electron chi connectivity index (χ2n) is 7.82. The molecule has 10 heteroatoms. The minimum atomic E-state index is -3.94. The number of rotatable bonds is 11. The van der Waals surface area contributed by atoms with Gasteiger partial charge in [-0.2, -0.15) is 9.41 Å². The Morgan fingerprint density at radius 3 is 2.11 bits per heavy atom. The molecule has 0 aromatic heterocycles. The fraction of sp³-hybridized carbons (Fsp3) is 0.231. The van der Waals surface area contributed by atoms with Crippen molar-refractivity contribution in [2.75, 3.05) is 27.9 Å². The quantitative estimate of drug-likeness (QED) is 0.313. The van der Waals surface area contributed by atoms with Gasteiger partial charge < -0.3 is 14.2 Å². The highest BCUT2D eigenvalue weighted by Crippen LogP contribution is 2.37. The van der Waals surface area contributed by atoms with Crippen molar-refractivity contribution in [2.45, 2.75) is 18.4 Å². The van der Waals surface area contributed by atoms with E-state index in [1.54, 1.807) is 36.4 Å². The Bertz CT molecular complexity index is 1280. The van der Waals surface area contributed by atoms with Crippen LogP contribution in [0.5, 0.6) is 17.2 Å². The van der Waals surface area contributed by atoms with Crippen LogP contribution in [-0.4, -0.2) is 52.7 Å². The highest BCUT2D eigenvalue weighted by molar-refractivity contribution is 7.89. The molecule has 0 aliphatic heterocycles. The standard InChI is InChI=1S/C26H29N3O6S/c1-19-10-12-22(13-11-19)36(31,32)29(17-20-8-6-5-7-9-20)18-25(30)28-27-16-21-14-23(33-2)26(35-4)24(15-21)34-3/h5-16H,17-18H2,1-4H3,(H,28,30)/b27-16+. The first-order valence-electron chi connectivity index (χ1n) is 11.0. The summed E-state index contributed by atoms with van der Waals surface area (Å²) in [5.74, 6) is 0.704. The number of ether oxygens (including phenoxy) is 3. The van der Waals surface area contributed by atoms with Crippen molar-refractivity contribution in [3.8, 4) is 17.2 Å². The Kier molecular flexibility index (Phi) is 9.04. The number of nitrogens with zero attached hydrogens (tertiary/aromatic N) is 2. The van der Waals surface area contributed by atoms with Crippen molar-refractivity contribution in [3.63, 3.8) is 0 Å². The molecule has 3 rings (SSSR count). The zero-order valence-electron chi connectivity index (χ0n) is 20.6. The van der Waals surface area contributed by atoms with Gasteiger partial charge in [0.2, 0.25) is 15.8 Å². The molecular formula is C26H29N3O6S. The van der Waals surface area contributed by atoms with Crippen LogP contribution in [0.3, 0.4) is 0 Å². The lowest BCUT2D eigenvalue weighted by atomic mass is 10.2. The van der Waals surface area contributed by atoms with Gasteiger partial charge in [0, 0.05) is 12.1 Å². The highest BCUT2D eigenvalue weighted by Gasteiger charge is 2.27. The smallest absolute Gasteiger partial charge is 0.255 e. The molecule has 36 heavy (non-hydrogen) atoms. The fourth-order valence-electron chi connectivity index (χ4n) is 3.42. The minimum absolute atomic E-state index is 0.0288. The predicted molar refractivity (Wildman–Crippen MR) is 137 cm³/mol. The molecule has 0 aliphatic rings. The fourth-order valence-corrected chi connectivity index (χ4v) is 4.81. The van der Waals surface area contributed by atoms with E-state index in [1.807, 2.05) is 25.1 Å². The molecule has 0 saturated carbocycles. The molecule has 0 bridgehead atoms. The monoisotopic (exact) mass is 511 g/mol. The van der Waals surface area contributed by atoms with Crippen LogP contribution in [0.1, 0.15) is 16.7 Å². The van der Waals surface area contributed by atoms with Crippen LogP contribution < -0.4 is 19.6 Å². The molecule has 0 spiro atoms. The number of carbonyl (C=O) groups is 1. The molecule has 1 amide bonds. The van der Waals surface area contributed by atoms with E-state index in [0.717, 1.165) is 15.4 Å². The molecule has 0 atom stereocenters. The van der Waals surface area contributed by atoms with Gasteiger partial charge in [0.05, 0.1) is 39.0 Å².